The van der Waals surface area contributed by atoms with Gasteiger partial charge in [-0.05, 0) is 42.7 Å². The van der Waals surface area contributed by atoms with Gasteiger partial charge in [0.1, 0.15) is 5.75 Å². The minimum Gasteiger partial charge on any atom is -0.491 e. The molecule has 0 atom stereocenters. The molecule has 0 unspecified atom stereocenters. The van der Waals surface area contributed by atoms with Gasteiger partial charge in [-0.3, -0.25) is 4.79 Å². The first-order valence-electron chi connectivity index (χ1n) is 6.84. The standard InChI is InChI=1S/C17H14N2O2/c18-11-12-4-1-6-14(10-12)17(20)19-15-8-2-5-13-7-3-9-21-16(13)15/h1-2,4-6,8,10H,3,7,9H2,(H,19,20). The zero-order valence-corrected chi connectivity index (χ0v) is 11.4. The van der Waals surface area contributed by atoms with E-state index < -0.39 is 0 Å². The van der Waals surface area contributed by atoms with Crippen LogP contribution in [0.2, 0.25) is 0 Å². The number of rotatable bonds is 2. The van der Waals surface area contributed by atoms with E-state index in [1.807, 2.05) is 24.3 Å². The first kappa shape index (κ1) is 13.2. The van der Waals surface area contributed by atoms with Crippen molar-refractivity contribution in [3.8, 4) is 11.8 Å². The second kappa shape index (κ2) is 5.68. The van der Waals surface area contributed by atoms with Crippen LogP contribution in [-0.2, 0) is 6.42 Å². The molecular formula is C17H14N2O2. The maximum absolute atomic E-state index is 12.3. The average Bonchev–Trinajstić information content (AvgIpc) is 2.55. The van der Waals surface area contributed by atoms with Gasteiger partial charge in [-0.25, -0.2) is 0 Å². The first-order chi connectivity index (χ1) is 10.3. The SMILES string of the molecule is N#Cc1cccc(C(=O)Nc2cccc3c2OCCC3)c1. The van der Waals surface area contributed by atoms with Crippen LogP contribution >= 0.6 is 0 Å². The van der Waals surface area contributed by atoms with Crippen LogP contribution in [0.5, 0.6) is 5.75 Å². The zero-order valence-electron chi connectivity index (χ0n) is 11.4. The summed E-state index contributed by atoms with van der Waals surface area (Å²) in [5, 5.41) is 11.8. The number of aryl methyl sites for hydroxylation is 1. The predicted octanol–water partition coefficient (Wildman–Crippen LogP) is 3.14. The van der Waals surface area contributed by atoms with Crippen LogP contribution in [0.3, 0.4) is 0 Å². The number of anilines is 1. The van der Waals surface area contributed by atoms with E-state index in [0.29, 0.717) is 23.4 Å². The molecule has 4 heteroatoms. The molecule has 3 rings (SSSR count). The van der Waals surface area contributed by atoms with Gasteiger partial charge in [0, 0.05) is 5.56 Å². The lowest BCUT2D eigenvalue weighted by molar-refractivity contribution is 0.102. The van der Waals surface area contributed by atoms with Gasteiger partial charge in [0.05, 0.1) is 23.9 Å². The van der Waals surface area contributed by atoms with E-state index in [0.717, 1.165) is 24.2 Å². The number of hydrogen-bond acceptors (Lipinski definition) is 3. The number of amides is 1. The summed E-state index contributed by atoms with van der Waals surface area (Å²) in [7, 11) is 0. The molecule has 0 saturated heterocycles. The minimum absolute atomic E-state index is 0.241. The highest BCUT2D eigenvalue weighted by molar-refractivity contribution is 6.05. The minimum atomic E-state index is -0.241. The van der Waals surface area contributed by atoms with Gasteiger partial charge in [-0.2, -0.15) is 5.26 Å². The fourth-order valence-corrected chi connectivity index (χ4v) is 2.41. The van der Waals surface area contributed by atoms with Crippen molar-refractivity contribution >= 4 is 11.6 Å². The molecule has 104 valence electrons. The Morgan fingerprint density at radius 1 is 1.24 bits per heavy atom. The van der Waals surface area contributed by atoms with Crippen LogP contribution < -0.4 is 10.1 Å². The fourth-order valence-electron chi connectivity index (χ4n) is 2.41. The second-order valence-electron chi connectivity index (χ2n) is 4.89. The van der Waals surface area contributed by atoms with Crippen molar-refractivity contribution in [2.75, 3.05) is 11.9 Å². The van der Waals surface area contributed by atoms with E-state index >= 15 is 0 Å². The maximum Gasteiger partial charge on any atom is 0.255 e. The second-order valence-corrected chi connectivity index (χ2v) is 4.89. The van der Waals surface area contributed by atoms with Gasteiger partial charge in [0.15, 0.2) is 0 Å². The molecule has 0 bridgehead atoms. The topological polar surface area (TPSA) is 62.1 Å². The molecule has 21 heavy (non-hydrogen) atoms. The molecule has 2 aromatic rings. The molecule has 0 aromatic heterocycles. The van der Waals surface area contributed by atoms with Crippen molar-refractivity contribution in [3.05, 3.63) is 59.2 Å². The molecule has 0 saturated carbocycles. The molecule has 0 radical (unpaired) electrons. The molecule has 0 fully saturated rings. The summed E-state index contributed by atoms with van der Waals surface area (Å²) < 4.78 is 5.67. The quantitative estimate of drug-likeness (QED) is 0.918. The van der Waals surface area contributed by atoms with Crippen LogP contribution in [0.1, 0.15) is 27.9 Å². The molecule has 1 amide bonds. The molecule has 2 aromatic carbocycles. The highest BCUT2D eigenvalue weighted by atomic mass is 16.5. The van der Waals surface area contributed by atoms with Crippen molar-refractivity contribution in [3.63, 3.8) is 0 Å². The van der Waals surface area contributed by atoms with Crippen LogP contribution in [0.15, 0.2) is 42.5 Å². The zero-order chi connectivity index (χ0) is 14.7. The van der Waals surface area contributed by atoms with Crippen molar-refractivity contribution in [2.24, 2.45) is 0 Å². The molecule has 1 heterocycles. The average molecular weight is 278 g/mol. The van der Waals surface area contributed by atoms with Gasteiger partial charge in [0.2, 0.25) is 0 Å². The third kappa shape index (κ3) is 2.72. The Labute approximate surface area is 123 Å². The molecular weight excluding hydrogens is 264 g/mol. The number of nitriles is 1. The Kier molecular flexibility index (Phi) is 3.57. The van der Waals surface area contributed by atoms with Crippen molar-refractivity contribution in [1.82, 2.24) is 0 Å². The van der Waals surface area contributed by atoms with Crippen molar-refractivity contribution in [1.29, 1.82) is 5.26 Å². The number of nitrogens with zero attached hydrogens (tertiary/aromatic N) is 1. The van der Waals surface area contributed by atoms with Gasteiger partial charge in [-0.15, -0.1) is 0 Å². The van der Waals surface area contributed by atoms with E-state index in [1.54, 1.807) is 24.3 Å². The fraction of sp³-hybridized carbons (Fsp3) is 0.176. The molecule has 0 aliphatic carbocycles. The number of ether oxygens (including phenoxy) is 1. The molecule has 4 nitrogen and oxygen atoms in total. The Bertz CT molecular complexity index is 732. The van der Waals surface area contributed by atoms with Crippen LogP contribution in [0.4, 0.5) is 5.69 Å². The summed E-state index contributed by atoms with van der Waals surface area (Å²) in [6, 6.07) is 14.4. The molecule has 1 aliphatic rings. The summed E-state index contributed by atoms with van der Waals surface area (Å²) in [6.45, 7) is 0.670. The van der Waals surface area contributed by atoms with Gasteiger partial charge >= 0.3 is 0 Å². The number of nitrogens with one attached hydrogen (secondary N) is 1. The molecule has 0 spiro atoms. The normalized spacial score (nSPS) is 12.7. The van der Waals surface area contributed by atoms with Gasteiger partial charge < -0.3 is 10.1 Å². The van der Waals surface area contributed by atoms with Crippen molar-refractivity contribution in [2.45, 2.75) is 12.8 Å². The third-order valence-electron chi connectivity index (χ3n) is 3.44. The maximum atomic E-state index is 12.3. The Morgan fingerprint density at radius 3 is 2.95 bits per heavy atom. The summed E-state index contributed by atoms with van der Waals surface area (Å²) in [5.41, 5.74) is 2.72. The van der Waals surface area contributed by atoms with E-state index in [9.17, 15) is 4.79 Å². The Balaban J connectivity index is 1.87. The lowest BCUT2D eigenvalue weighted by Crippen LogP contribution is -2.16. The van der Waals surface area contributed by atoms with E-state index in [2.05, 4.69) is 5.32 Å². The van der Waals surface area contributed by atoms with Crippen molar-refractivity contribution < 1.29 is 9.53 Å². The lowest BCUT2D eigenvalue weighted by Gasteiger charge is -2.20. The number of carbonyl (C=O) groups excluding carboxylic acids is 1. The number of para-hydroxylation sites is 1. The summed E-state index contributed by atoms with van der Waals surface area (Å²) >= 11 is 0. The van der Waals surface area contributed by atoms with E-state index in [4.69, 9.17) is 10.00 Å². The highest BCUT2D eigenvalue weighted by Gasteiger charge is 2.16. The van der Waals surface area contributed by atoms with Crippen LogP contribution in [-0.4, -0.2) is 12.5 Å². The van der Waals surface area contributed by atoms with Gasteiger partial charge in [0.25, 0.3) is 5.91 Å². The summed E-state index contributed by atoms with van der Waals surface area (Å²) in [5.74, 6) is 0.517. The van der Waals surface area contributed by atoms with E-state index in [-0.39, 0.29) is 5.91 Å². The predicted molar refractivity (Wildman–Crippen MR) is 79.4 cm³/mol. The van der Waals surface area contributed by atoms with E-state index in [1.165, 1.54) is 0 Å². The monoisotopic (exact) mass is 278 g/mol. The first-order valence-corrected chi connectivity index (χ1v) is 6.84. The molecule has 1 N–H and O–H groups in total. The Hall–Kier alpha value is -2.80. The molecule has 1 aliphatic heterocycles. The smallest absolute Gasteiger partial charge is 0.255 e. The number of hydrogen-bond donors (Lipinski definition) is 1. The van der Waals surface area contributed by atoms with Crippen LogP contribution in [0, 0.1) is 11.3 Å². The lowest BCUT2D eigenvalue weighted by atomic mass is 10.0. The summed E-state index contributed by atoms with van der Waals surface area (Å²) in [6.07, 6.45) is 1.96. The third-order valence-corrected chi connectivity index (χ3v) is 3.44. The number of carbonyl (C=O) groups is 1. The largest absolute Gasteiger partial charge is 0.491 e. The highest BCUT2D eigenvalue weighted by Crippen LogP contribution is 2.33. The van der Waals surface area contributed by atoms with Gasteiger partial charge in [-0.1, -0.05) is 18.2 Å². The number of fused-ring (bicyclic) bond motifs is 1. The summed E-state index contributed by atoms with van der Waals surface area (Å²) in [4.78, 5) is 12.3. The number of benzene rings is 2. The van der Waals surface area contributed by atoms with Crippen LogP contribution in [0.25, 0.3) is 0 Å². The Morgan fingerprint density at radius 2 is 2.10 bits per heavy atom.